The smallest absolute Gasteiger partial charge is 0.270 e. The number of hydrogen-bond acceptors (Lipinski definition) is 5. The highest BCUT2D eigenvalue weighted by Crippen LogP contribution is 2.28. The lowest BCUT2D eigenvalue weighted by Gasteiger charge is -2.14. The van der Waals surface area contributed by atoms with Crippen molar-refractivity contribution < 1.29 is 19.1 Å². The number of hydrogen-bond donors (Lipinski definition) is 2. The molecule has 0 aliphatic carbocycles. The second kappa shape index (κ2) is 7.64. The molecular weight excluding hydrogens is 316 g/mol. The molecule has 2 aromatic rings. The van der Waals surface area contributed by atoms with Gasteiger partial charge in [-0.15, -0.1) is 0 Å². The maximum atomic E-state index is 12.1. The fourth-order valence-corrected chi connectivity index (χ4v) is 2.45. The van der Waals surface area contributed by atoms with Crippen molar-refractivity contribution in [3.63, 3.8) is 0 Å². The number of benzene rings is 1. The highest BCUT2D eigenvalue weighted by molar-refractivity contribution is 7.08. The molecule has 0 saturated heterocycles. The van der Waals surface area contributed by atoms with Gasteiger partial charge < -0.3 is 9.47 Å². The first kappa shape index (κ1) is 16.8. The quantitative estimate of drug-likeness (QED) is 0.824. The Morgan fingerprint density at radius 2 is 1.74 bits per heavy atom. The van der Waals surface area contributed by atoms with E-state index >= 15 is 0 Å². The fourth-order valence-electron chi connectivity index (χ4n) is 1.81. The molecule has 0 spiro atoms. The second-order valence-electron chi connectivity index (χ2n) is 4.95. The van der Waals surface area contributed by atoms with Crippen LogP contribution in [0.2, 0.25) is 0 Å². The third kappa shape index (κ3) is 4.46. The highest BCUT2D eigenvalue weighted by Gasteiger charge is 2.13. The zero-order valence-corrected chi connectivity index (χ0v) is 13.9. The molecule has 1 aromatic carbocycles. The van der Waals surface area contributed by atoms with Crippen molar-refractivity contribution >= 4 is 23.2 Å². The number of thiophene rings is 1. The van der Waals surface area contributed by atoms with Gasteiger partial charge in [-0.3, -0.25) is 20.4 Å². The SMILES string of the molecule is COc1cc(C(=O)NNC(=O)c2ccsc2)ccc1OC(C)C. The van der Waals surface area contributed by atoms with Crippen LogP contribution in [0.1, 0.15) is 34.6 Å². The van der Waals surface area contributed by atoms with Gasteiger partial charge >= 0.3 is 0 Å². The highest BCUT2D eigenvalue weighted by atomic mass is 32.1. The normalized spacial score (nSPS) is 10.3. The first-order valence-electron chi connectivity index (χ1n) is 6.99. The van der Waals surface area contributed by atoms with Gasteiger partial charge in [0.15, 0.2) is 11.5 Å². The summed E-state index contributed by atoms with van der Waals surface area (Å²) in [6.07, 6.45) is -0.00604. The van der Waals surface area contributed by atoms with Gasteiger partial charge in [-0.25, -0.2) is 0 Å². The molecule has 0 bridgehead atoms. The molecule has 1 heterocycles. The number of nitrogens with one attached hydrogen (secondary N) is 2. The van der Waals surface area contributed by atoms with E-state index < -0.39 is 5.91 Å². The Kier molecular flexibility index (Phi) is 5.59. The molecule has 1 aromatic heterocycles. The summed E-state index contributed by atoms with van der Waals surface area (Å²) in [5.41, 5.74) is 5.58. The van der Waals surface area contributed by atoms with Gasteiger partial charge in [0.05, 0.1) is 18.8 Å². The second-order valence-corrected chi connectivity index (χ2v) is 5.73. The largest absolute Gasteiger partial charge is 0.493 e. The number of rotatable bonds is 5. The zero-order chi connectivity index (χ0) is 16.8. The molecule has 0 aliphatic heterocycles. The standard InChI is InChI=1S/C16H18N2O4S/c1-10(2)22-13-5-4-11(8-14(13)21-3)15(19)17-18-16(20)12-6-7-23-9-12/h4-10H,1-3H3,(H,17,19)(H,18,20). The van der Waals surface area contributed by atoms with E-state index in [1.165, 1.54) is 18.4 Å². The Morgan fingerprint density at radius 3 is 2.30 bits per heavy atom. The summed E-state index contributed by atoms with van der Waals surface area (Å²) < 4.78 is 10.8. The van der Waals surface area contributed by atoms with Gasteiger partial charge in [0.1, 0.15) is 0 Å². The van der Waals surface area contributed by atoms with Crippen molar-refractivity contribution in [2.45, 2.75) is 20.0 Å². The van der Waals surface area contributed by atoms with Crippen molar-refractivity contribution in [3.05, 3.63) is 46.2 Å². The molecule has 0 radical (unpaired) electrons. The summed E-state index contributed by atoms with van der Waals surface area (Å²) >= 11 is 1.41. The lowest BCUT2D eigenvalue weighted by Crippen LogP contribution is -2.41. The van der Waals surface area contributed by atoms with Gasteiger partial charge in [-0.2, -0.15) is 11.3 Å². The van der Waals surface area contributed by atoms with E-state index in [1.54, 1.807) is 35.0 Å². The van der Waals surface area contributed by atoms with Crippen LogP contribution in [-0.4, -0.2) is 25.0 Å². The molecule has 0 aliphatic rings. The lowest BCUT2D eigenvalue weighted by atomic mass is 10.2. The molecule has 2 rings (SSSR count). The van der Waals surface area contributed by atoms with Crippen LogP contribution < -0.4 is 20.3 Å². The van der Waals surface area contributed by atoms with Crippen molar-refractivity contribution in [2.75, 3.05) is 7.11 Å². The van der Waals surface area contributed by atoms with Crippen LogP contribution in [0.15, 0.2) is 35.0 Å². The third-order valence-electron chi connectivity index (χ3n) is 2.86. The van der Waals surface area contributed by atoms with E-state index in [0.29, 0.717) is 22.6 Å². The topological polar surface area (TPSA) is 76.7 Å². The van der Waals surface area contributed by atoms with E-state index in [0.717, 1.165) is 0 Å². The lowest BCUT2D eigenvalue weighted by molar-refractivity contribution is 0.0846. The summed E-state index contributed by atoms with van der Waals surface area (Å²) in [5, 5.41) is 3.48. The average molecular weight is 334 g/mol. The van der Waals surface area contributed by atoms with Crippen molar-refractivity contribution in [2.24, 2.45) is 0 Å². The molecule has 6 nitrogen and oxygen atoms in total. The molecule has 7 heteroatoms. The zero-order valence-electron chi connectivity index (χ0n) is 13.1. The molecule has 0 saturated carbocycles. The Morgan fingerprint density at radius 1 is 1.04 bits per heavy atom. The van der Waals surface area contributed by atoms with Gasteiger partial charge in [-0.05, 0) is 43.5 Å². The molecule has 122 valence electrons. The molecule has 0 unspecified atom stereocenters. The summed E-state index contributed by atoms with van der Waals surface area (Å²) in [6, 6.07) is 6.50. The number of carbonyl (C=O) groups is 2. The minimum absolute atomic E-state index is 0.00604. The molecule has 2 amide bonds. The minimum atomic E-state index is -0.442. The summed E-state index contributed by atoms with van der Waals surface area (Å²) in [7, 11) is 1.50. The van der Waals surface area contributed by atoms with Gasteiger partial charge in [0.25, 0.3) is 11.8 Å². The van der Waals surface area contributed by atoms with E-state index in [4.69, 9.17) is 9.47 Å². The van der Waals surface area contributed by atoms with Gasteiger partial charge in [0.2, 0.25) is 0 Å². The maximum Gasteiger partial charge on any atom is 0.270 e. The van der Waals surface area contributed by atoms with E-state index in [9.17, 15) is 9.59 Å². The van der Waals surface area contributed by atoms with Crippen LogP contribution in [-0.2, 0) is 0 Å². The van der Waals surface area contributed by atoms with Crippen LogP contribution >= 0.6 is 11.3 Å². The van der Waals surface area contributed by atoms with E-state index in [-0.39, 0.29) is 12.0 Å². The Bertz CT molecular complexity index is 683. The number of methoxy groups -OCH3 is 1. The van der Waals surface area contributed by atoms with Gasteiger partial charge in [0, 0.05) is 10.9 Å². The number of ether oxygens (including phenoxy) is 2. The van der Waals surface area contributed by atoms with Crippen LogP contribution in [0.3, 0.4) is 0 Å². The minimum Gasteiger partial charge on any atom is -0.493 e. The summed E-state index contributed by atoms with van der Waals surface area (Å²) in [6.45, 7) is 3.81. The van der Waals surface area contributed by atoms with Crippen molar-refractivity contribution in [1.82, 2.24) is 10.9 Å². The van der Waals surface area contributed by atoms with Crippen LogP contribution in [0.4, 0.5) is 0 Å². The summed E-state index contributed by atoms with van der Waals surface area (Å²) in [4.78, 5) is 23.9. The first-order chi connectivity index (χ1) is 11.0. The third-order valence-corrected chi connectivity index (χ3v) is 3.54. The van der Waals surface area contributed by atoms with Crippen LogP contribution in [0, 0.1) is 0 Å². The molecule has 23 heavy (non-hydrogen) atoms. The Balaban J connectivity index is 2.03. The number of amides is 2. The monoisotopic (exact) mass is 334 g/mol. The van der Waals surface area contributed by atoms with Crippen LogP contribution in [0.5, 0.6) is 11.5 Å². The predicted molar refractivity (Wildman–Crippen MR) is 88.0 cm³/mol. The number of hydrazine groups is 1. The molecule has 0 fully saturated rings. The predicted octanol–water partition coefficient (Wildman–Crippen LogP) is 2.62. The maximum absolute atomic E-state index is 12.1. The Hall–Kier alpha value is -2.54. The molecular formula is C16H18N2O4S. The van der Waals surface area contributed by atoms with E-state index in [1.807, 2.05) is 13.8 Å². The number of carbonyl (C=O) groups excluding carboxylic acids is 2. The van der Waals surface area contributed by atoms with Crippen molar-refractivity contribution in [3.8, 4) is 11.5 Å². The van der Waals surface area contributed by atoms with Crippen molar-refractivity contribution in [1.29, 1.82) is 0 Å². The first-order valence-corrected chi connectivity index (χ1v) is 7.93. The fraction of sp³-hybridized carbons (Fsp3) is 0.250. The average Bonchev–Trinajstić information content (AvgIpc) is 3.06. The van der Waals surface area contributed by atoms with Gasteiger partial charge in [-0.1, -0.05) is 0 Å². The molecule has 0 atom stereocenters. The van der Waals surface area contributed by atoms with E-state index in [2.05, 4.69) is 10.9 Å². The van der Waals surface area contributed by atoms with Crippen LogP contribution in [0.25, 0.3) is 0 Å². The Labute approximate surface area is 138 Å². The molecule has 2 N–H and O–H groups in total. The summed E-state index contributed by atoms with van der Waals surface area (Å²) in [5.74, 6) is 0.200.